The second kappa shape index (κ2) is 3.89. The summed E-state index contributed by atoms with van der Waals surface area (Å²) in [6, 6.07) is 3.16. The molecule has 0 aliphatic carbocycles. The highest BCUT2D eigenvalue weighted by Crippen LogP contribution is 2.44. The minimum Gasteiger partial charge on any atom is -0.393 e. The predicted octanol–water partition coefficient (Wildman–Crippen LogP) is -0.824. The largest absolute Gasteiger partial charge is 0.393 e. The van der Waals surface area contributed by atoms with Crippen molar-refractivity contribution in [1.29, 1.82) is 0 Å². The van der Waals surface area contributed by atoms with Crippen molar-refractivity contribution < 1.29 is 19.7 Å². The molecule has 3 heterocycles. The number of ether oxygens (including phenoxy) is 2. The van der Waals surface area contributed by atoms with E-state index in [2.05, 4.69) is 0 Å². The zero-order chi connectivity index (χ0) is 12.9. The molecule has 4 atom stereocenters. The van der Waals surface area contributed by atoms with Gasteiger partial charge >= 0.3 is 0 Å². The Morgan fingerprint density at radius 3 is 3.00 bits per heavy atom. The average molecular weight is 253 g/mol. The monoisotopic (exact) mass is 253 g/mol. The van der Waals surface area contributed by atoms with Crippen LogP contribution in [0.5, 0.6) is 0 Å². The van der Waals surface area contributed by atoms with E-state index in [-0.39, 0.29) is 18.8 Å². The Labute approximate surface area is 103 Å². The Kier molecular flexibility index (Phi) is 2.56. The van der Waals surface area contributed by atoms with Crippen molar-refractivity contribution in [1.82, 2.24) is 4.57 Å². The number of aliphatic hydroxyl groups is 2. The maximum atomic E-state index is 11.8. The quantitative estimate of drug-likeness (QED) is 0.719. The molecule has 2 aliphatic heterocycles. The Morgan fingerprint density at radius 2 is 2.33 bits per heavy atom. The van der Waals surface area contributed by atoms with Crippen LogP contribution in [0.2, 0.25) is 0 Å². The second-order valence-corrected chi connectivity index (χ2v) is 4.90. The molecule has 1 aromatic heterocycles. The fourth-order valence-corrected chi connectivity index (χ4v) is 2.57. The molecule has 1 unspecified atom stereocenters. The number of nitrogens with zero attached hydrogens (tertiary/aromatic N) is 1. The first-order valence-electron chi connectivity index (χ1n) is 5.84. The smallest absolute Gasteiger partial charge is 0.252 e. The van der Waals surface area contributed by atoms with Crippen molar-refractivity contribution in [3.8, 4) is 0 Å². The summed E-state index contributed by atoms with van der Waals surface area (Å²) in [5.41, 5.74) is -0.408. The van der Waals surface area contributed by atoms with Gasteiger partial charge in [-0.15, -0.1) is 0 Å². The van der Waals surface area contributed by atoms with E-state index in [1.165, 1.54) is 10.6 Å². The van der Waals surface area contributed by atoms with Crippen molar-refractivity contribution in [3.63, 3.8) is 0 Å². The van der Waals surface area contributed by atoms with Crippen molar-refractivity contribution in [2.24, 2.45) is 0 Å². The molecular formula is C12H15NO5. The van der Waals surface area contributed by atoms with E-state index < -0.39 is 24.0 Å². The number of hydrogen-bond donors (Lipinski definition) is 2. The lowest BCUT2D eigenvalue weighted by Crippen LogP contribution is -2.44. The molecule has 2 saturated heterocycles. The first-order valence-corrected chi connectivity index (χ1v) is 5.84. The van der Waals surface area contributed by atoms with Gasteiger partial charge in [-0.05, 0) is 12.5 Å². The minimum atomic E-state index is -1.10. The summed E-state index contributed by atoms with van der Waals surface area (Å²) in [5.74, 6) is 0. The molecule has 0 spiro atoms. The molecule has 0 saturated carbocycles. The highest BCUT2D eigenvalue weighted by atomic mass is 16.7. The summed E-state index contributed by atoms with van der Waals surface area (Å²) in [5, 5.41) is 19.4. The number of hydrogen-bond acceptors (Lipinski definition) is 5. The van der Waals surface area contributed by atoms with Crippen LogP contribution in [-0.2, 0) is 9.47 Å². The van der Waals surface area contributed by atoms with E-state index in [1.807, 2.05) is 6.92 Å². The van der Waals surface area contributed by atoms with E-state index in [0.29, 0.717) is 0 Å². The van der Waals surface area contributed by atoms with Gasteiger partial charge in [0, 0.05) is 12.3 Å². The van der Waals surface area contributed by atoms with Crippen molar-refractivity contribution in [2.45, 2.75) is 31.0 Å². The Hall–Kier alpha value is -1.21. The van der Waals surface area contributed by atoms with E-state index in [9.17, 15) is 15.0 Å². The highest BCUT2D eigenvalue weighted by molar-refractivity contribution is 5.12. The van der Waals surface area contributed by atoms with Gasteiger partial charge in [-0.1, -0.05) is 6.07 Å². The fourth-order valence-electron chi connectivity index (χ4n) is 2.57. The van der Waals surface area contributed by atoms with Crippen molar-refractivity contribution in [3.05, 3.63) is 34.2 Å². The first kappa shape index (κ1) is 11.9. The summed E-state index contributed by atoms with van der Waals surface area (Å²) < 4.78 is 12.5. The van der Waals surface area contributed by atoms with Gasteiger partial charge < -0.3 is 19.7 Å². The van der Waals surface area contributed by atoms with Crippen LogP contribution >= 0.6 is 0 Å². The topological polar surface area (TPSA) is 80.9 Å². The third-order valence-electron chi connectivity index (χ3n) is 3.63. The molecule has 3 rings (SSSR count). The Bertz CT molecular complexity index is 527. The van der Waals surface area contributed by atoms with E-state index >= 15 is 0 Å². The summed E-state index contributed by atoms with van der Waals surface area (Å²) in [6.07, 6.45) is -0.556. The van der Waals surface area contributed by atoms with Crippen LogP contribution < -0.4 is 5.56 Å². The van der Waals surface area contributed by atoms with Gasteiger partial charge in [0.25, 0.3) is 5.56 Å². The molecule has 2 bridgehead atoms. The van der Waals surface area contributed by atoms with Gasteiger partial charge in [0.15, 0.2) is 6.23 Å². The third kappa shape index (κ3) is 1.47. The van der Waals surface area contributed by atoms with E-state index in [4.69, 9.17) is 9.47 Å². The van der Waals surface area contributed by atoms with Gasteiger partial charge in [0.1, 0.15) is 17.8 Å². The molecule has 0 aromatic carbocycles. The van der Waals surface area contributed by atoms with Crippen LogP contribution in [-0.4, -0.2) is 45.8 Å². The summed E-state index contributed by atoms with van der Waals surface area (Å²) in [4.78, 5) is 11.8. The fraction of sp³-hybridized carbons (Fsp3) is 0.583. The molecule has 0 amide bonds. The first-order chi connectivity index (χ1) is 8.57. The summed E-state index contributed by atoms with van der Waals surface area (Å²) in [7, 11) is 0. The minimum absolute atomic E-state index is 0.145. The van der Waals surface area contributed by atoms with Gasteiger partial charge in [-0.25, -0.2) is 0 Å². The molecule has 6 nitrogen and oxygen atoms in total. The molecule has 2 N–H and O–H groups in total. The van der Waals surface area contributed by atoms with Crippen LogP contribution in [0.25, 0.3) is 0 Å². The van der Waals surface area contributed by atoms with Crippen LogP contribution in [0.1, 0.15) is 11.8 Å². The van der Waals surface area contributed by atoms with Crippen LogP contribution in [0, 0.1) is 6.92 Å². The molecule has 1 aromatic rings. The lowest BCUT2D eigenvalue weighted by atomic mass is 10.0. The highest BCUT2D eigenvalue weighted by Gasteiger charge is 2.61. The van der Waals surface area contributed by atoms with Crippen LogP contribution in [0.3, 0.4) is 0 Å². The maximum absolute atomic E-state index is 11.8. The zero-order valence-electron chi connectivity index (χ0n) is 9.94. The summed E-state index contributed by atoms with van der Waals surface area (Å²) in [6.45, 7) is 1.68. The Morgan fingerprint density at radius 1 is 1.56 bits per heavy atom. The standard InChI is InChI=1S/C12H15NO5/c1-7-2-3-8(15)13(4-7)11-9-10(16)12(5-14,18-11)6-17-9/h2-4,9-11,14,16H,5-6H2,1H3/t9?,10-,11-,12+/m1/s1. The zero-order valence-corrected chi connectivity index (χ0v) is 9.94. The van der Waals surface area contributed by atoms with Gasteiger partial charge in [-0.3, -0.25) is 9.36 Å². The van der Waals surface area contributed by atoms with Crippen molar-refractivity contribution >= 4 is 0 Å². The van der Waals surface area contributed by atoms with Gasteiger partial charge in [-0.2, -0.15) is 0 Å². The molecular weight excluding hydrogens is 238 g/mol. The Balaban J connectivity index is 2.01. The van der Waals surface area contributed by atoms with Crippen molar-refractivity contribution in [2.75, 3.05) is 13.2 Å². The lowest BCUT2D eigenvalue weighted by molar-refractivity contribution is -0.187. The lowest BCUT2D eigenvalue weighted by Gasteiger charge is -2.29. The van der Waals surface area contributed by atoms with Crippen LogP contribution in [0.15, 0.2) is 23.1 Å². The molecule has 2 fully saturated rings. The van der Waals surface area contributed by atoms with Gasteiger partial charge in [0.05, 0.1) is 13.2 Å². The predicted molar refractivity (Wildman–Crippen MR) is 61.1 cm³/mol. The SMILES string of the molecule is Cc1ccc(=O)n([C@@H]2O[C@@]3(CO)COC2[C@H]3O)c1. The third-order valence-corrected chi connectivity index (χ3v) is 3.63. The van der Waals surface area contributed by atoms with E-state index in [1.54, 1.807) is 12.3 Å². The van der Waals surface area contributed by atoms with E-state index in [0.717, 1.165) is 5.56 Å². The molecule has 0 radical (unpaired) electrons. The number of pyridine rings is 1. The second-order valence-electron chi connectivity index (χ2n) is 4.90. The normalized spacial score (nSPS) is 38.3. The number of aliphatic hydroxyl groups excluding tert-OH is 2. The number of fused-ring (bicyclic) bond motifs is 2. The van der Waals surface area contributed by atoms with Gasteiger partial charge in [0.2, 0.25) is 0 Å². The average Bonchev–Trinajstić information content (AvgIpc) is 2.84. The molecule has 2 aliphatic rings. The number of rotatable bonds is 2. The maximum Gasteiger partial charge on any atom is 0.252 e. The molecule has 98 valence electrons. The molecule has 18 heavy (non-hydrogen) atoms. The van der Waals surface area contributed by atoms with Crippen LogP contribution in [0.4, 0.5) is 0 Å². The number of aryl methyl sites for hydroxylation is 1. The number of aromatic nitrogens is 1. The summed E-state index contributed by atoms with van der Waals surface area (Å²) >= 11 is 0. The molecule has 6 heteroatoms.